The van der Waals surface area contributed by atoms with Crippen molar-refractivity contribution >= 4 is 16.9 Å². The molecule has 0 amide bonds. The van der Waals surface area contributed by atoms with Crippen LogP contribution in [-0.4, -0.2) is 43.9 Å². The molecular formula is C22H20F2N6O2. The maximum absolute atomic E-state index is 13.9. The molecule has 0 radical (unpaired) electrons. The highest BCUT2D eigenvalue weighted by molar-refractivity contribution is 5.82. The quantitative estimate of drug-likeness (QED) is 0.527. The summed E-state index contributed by atoms with van der Waals surface area (Å²) in [7, 11) is 1.81. The van der Waals surface area contributed by atoms with E-state index in [0.717, 1.165) is 11.6 Å². The van der Waals surface area contributed by atoms with Crippen molar-refractivity contribution in [1.29, 1.82) is 0 Å². The smallest absolute Gasteiger partial charge is 0.276 e. The third-order valence-corrected chi connectivity index (χ3v) is 5.48. The van der Waals surface area contributed by atoms with E-state index in [-0.39, 0.29) is 22.9 Å². The van der Waals surface area contributed by atoms with Gasteiger partial charge in [0.2, 0.25) is 0 Å². The molecule has 1 saturated heterocycles. The molecule has 1 fully saturated rings. The first-order valence-corrected chi connectivity index (χ1v) is 10.2. The van der Waals surface area contributed by atoms with Crippen molar-refractivity contribution < 1.29 is 13.5 Å². The lowest BCUT2D eigenvalue weighted by atomic mass is 10.1. The third kappa shape index (κ3) is 3.79. The van der Waals surface area contributed by atoms with E-state index in [0.29, 0.717) is 43.0 Å². The standard InChI is InChI=1S/C22H20F2N6O2/c1-29-12-13(11-26-29)19-21(27-17-4-7-25-22(31)20(17)28-19)30-8-5-15(6-9-30)32-18-3-2-14(23)10-16(18)24/h2-4,7,10-12,15H,5-6,8-9H2,1H3,(H,25,31). The van der Waals surface area contributed by atoms with Crippen LogP contribution in [0.25, 0.3) is 22.3 Å². The molecule has 0 aliphatic carbocycles. The van der Waals surface area contributed by atoms with Crippen LogP contribution >= 0.6 is 0 Å². The zero-order valence-corrected chi connectivity index (χ0v) is 17.3. The number of anilines is 1. The van der Waals surface area contributed by atoms with Crippen molar-refractivity contribution in [2.75, 3.05) is 18.0 Å². The minimum absolute atomic E-state index is 0.0469. The summed E-state index contributed by atoms with van der Waals surface area (Å²) in [4.78, 5) is 26.3. The molecule has 0 bridgehead atoms. The van der Waals surface area contributed by atoms with Gasteiger partial charge < -0.3 is 14.6 Å². The summed E-state index contributed by atoms with van der Waals surface area (Å²) in [5, 5.41) is 4.22. The zero-order chi connectivity index (χ0) is 22.2. The Morgan fingerprint density at radius 2 is 1.97 bits per heavy atom. The number of nitrogens with one attached hydrogen (secondary N) is 1. The number of fused-ring (bicyclic) bond motifs is 1. The van der Waals surface area contributed by atoms with E-state index in [9.17, 15) is 13.6 Å². The lowest BCUT2D eigenvalue weighted by molar-refractivity contribution is 0.163. The van der Waals surface area contributed by atoms with Crippen LogP contribution in [0.2, 0.25) is 0 Å². The van der Waals surface area contributed by atoms with E-state index in [4.69, 9.17) is 9.72 Å². The van der Waals surface area contributed by atoms with Crippen LogP contribution in [0, 0.1) is 11.6 Å². The van der Waals surface area contributed by atoms with Gasteiger partial charge in [0, 0.05) is 57.0 Å². The van der Waals surface area contributed by atoms with E-state index in [1.54, 1.807) is 23.1 Å². The Balaban J connectivity index is 1.43. The predicted octanol–water partition coefficient (Wildman–Crippen LogP) is 3.04. The maximum Gasteiger partial charge on any atom is 0.276 e. The number of pyridine rings is 1. The number of aromatic nitrogens is 5. The molecule has 32 heavy (non-hydrogen) atoms. The normalized spacial score (nSPS) is 14.8. The van der Waals surface area contributed by atoms with Gasteiger partial charge in [0.1, 0.15) is 17.6 Å². The summed E-state index contributed by atoms with van der Waals surface area (Å²) in [6, 6.07) is 5.02. The number of hydrogen-bond acceptors (Lipinski definition) is 6. The third-order valence-electron chi connectivity index (χ3n) is 5.48. The Morgan fingerprint density at radius 1 is 1.16 bits per heavy atom. The number of benzene rings is 1. The maximum atomic E-state index is 13.9. The highest BCUT2D eigenvalue weighted by Crippen LogP contribution is 2.31. The Kier molecular flexibility index (Phi) is 5.04. The van der Waals surface area contributed by atoms with Crippen molar-refractivity contribution in [2.24, 2.45) is 7.05 Å². The average Bonchev–Trinajstić information content (AvgIpc) is 3.22. The molecule has 1 aliphatic rings. The molecule has 5 rings (SSSR count). The van der Waals surface area contributed by atoms with Gasteiger partial charge in [0.05, 0.1) is 11.7 Å². The van der Waals surface area contributed by atoms with Crippen LogP contribution in [0.15, 0.2) is 47.7 Å². The first-order chi connectivity index (χ1) is 15.5. The van der Waals surface area contributed by atoms with Gasteiger partial charge in [0.15, 0.2) is 22.9 Å². The number of piperidine rings is 1. The molecule has 8 nitrogen and oxygen atoms in total. The molecule has 10 heteroatoms. The fourth-order valence-corrected chi connectivity index (χ4v) is 3.88. The molecule has 1 N–H and O–H groups in total. The first kappa shape index (κ1) is 20.1. The molecule has 1 aliphatic heterocycles. The summed E-state index contributed by atoms with van der Waals surface area (Å²) < 4.78 is 34.5. The van der Waals surface area contributed by atoms with Crippen molar-refractivity contribution in [3.63, 3.8) is 0 Å². The van der Waals surface area contributed by atoms with Crippen LogP contribution in [0.3, 0.4) is 0 Å². The van der Waals surface area contributed by atoms with E-state index in [1.807, 2.05) is 13.2 Å². The molecule has 4 heterocycles. The summed E-state index contributed by atoms with van der Waals surface area (Å²) in [6.07, 6.45) is 6.10. The van der Waals surface area contributed by atoms with Crippen LogP contribution in [0.5, 0.6) is 5.75 Å². The summed E-state index contributed by atoms with van der Waals surface area (Å²) in [5.74, 6) is -0.647. The monoisotopic (exact) mass is 438 g/mol. The Hall–Kier alpha value is -3.82. The van der Waals surface area contributed by atoms with E-state index in [1.165, 1.54) is 12.1 Å². The van der Waals surface area contributed by atoms with Gasteiger partial charge in [-0.2, -0.15) is 5.10 Å². The number of aromatic amines is 1. The highest BCUT2D eigenvalue weighted by atomic mass is 19.1. The molecule has 3 aromatic heterocycles. The van der Waals surface area contributed by atoms with Gasteiger partial charge >= 0.3 is 0 Å². The number of hydrogen-bond donors (Lipinski definition) is 1. The SMILES string of the molecule is Cn1cc(-c2nc3c(=O)[nH]ccc3nc2N2CCC(Oc3ccc(F)cc3F)CC2)cn1. The molecule has 0 spiro atoms. The van der Waals surface area contributed by atoms with Gasteiger partial charge in [-0.25, -0.2) is 18.7 Å². The fraction of sp³-hybridized carbons (Fsp3) is 0.273. The lowest BCUT2D eigenvalue weighted by Gasteiger charge is -2.33. The van der Waals surface area contributed by atoms with E-state index < -0.39 is 11.6 Å². The predicted molar refractivity (Wildman–Crippen MR) is 115 cm³/mol. The van der Waals surface area contributed by atoms with Gasteiger partial charge in [-0.05, 0) is 18.2 Å². The second-order valence-electron chi connectivity index (χ2n) is 7.72. The van der Waals surface area contributed by atoms with Crippen LogP contribution in [0.1, 0.15) is 12.8 Å². The second kappa shape index (κ2) is 8.03. The number of ether oxygens (including phenoxy) is 1. The van der Waals surface area contributed by atoms with Gasteiger partial charge in [0.25, 0.3) is 5.56 Å². The summed E-state index contributed by atoms with van der Waals surface area (Å²) in [5.41, 5.74) is 1.79. The number of nitrogens with zero attached hydrogens (tertiary/aromatic N) is 5. The van der Waals surface area contributed by atoms with Crippen LogP contribution in [0.4, 0.5) is 14.6 Å². The van der Waals surface area contributed by atoms with Gasteiger partial charge in [-0.15, -0.1) is 0 Å². The molecule has 0 saturated carbocycles. The van der Waals surface area contributed by atoms with Crippen LogP contribution in [-0.2, 0) is 7.05 Å². The average molecular weight is 438 g/mol. The molecule has 164 valence electrons. The minimum atomic E-state index is -0.711. The summed E-state index contributed by atoms with van der Waals surface area (Å²) in [6.45, 7) is 1.20. The highest BCUT2D eigenvalue weighted by Gasteiger charge is 2.26. The van der Waals surface area contributed by atoms with Crippen molar-refractivity contribution in [2.45, 2.75) is 18.9 Å². The van der Waals surface area contributed by atoms with Crippen molar-refractivity contribution in [3.8, 4) is 17.0 Å². The molecule has 0 unspecified atom stereocenters. The topological polar surface area (TPSA) is 88.9 Å². The number of H-pyrrole nitrogens is 1. The molecule has 4 aromatic rings. The number of halogens is 2. The second-order valence-corrected chi connectivity index (χ2v) is 7.72. The molecule has 0 atom stereocenters. The van der Waals surface area contributed by atoms with E-state index in [2.05, 4.69) is 20.0 Å². The van der Waals surface area contributed by atoms with Crippen molar-refractivity contribution in [1.82, 2.24) is 24.7 Å². The first-order valence-electron chi connectivity index (χ1n) is 10.2. The Morgan fingerprint density at radius 3 is 2.69 bits per heavy atom. The fourth-order valence-electron chi connectivity index (χ4n) is 3.88. The van der Waals surface area contributed by atoms with E-state index >= 15 is 0 Å². The van der Waals surface area contributed by atoms with Crippen LogP contribution < -0.4 is 15.2 Å². The molecule has 1 aromatic carbocycles. The number of aryl methyl sites for hydroxylation is 1. The largest absolute Gasteiger partial charge is 0.487 e. The van der Waals surface area contributed by atoms with Crippen molar-refractivity contribution in [3.05, 3.63) is 64.8 Å². The van der Waals surface area contributed by atoms with Gasteiger partial charge in [-0.3, -0.25) is 9.48 Å². The zero-order valence-electron chi connectivity index (χ0n) is 17.3. The Bertz CT molecular complexity index is 1340. The van der Waals surface area contributed by atoms with Gasteiger partial charge in [-0.1, -0.05) is 0 Å². The minimum Gasteiger partial charge on any atom is -0.487 e. The number of rotatable bonds is 4. The Labute approximate surface area is 181 Å². The molecular weight excluding hydrogens is 418 g/mol. The lowest BCUT2D eigenvalue weighted by Crippen LogP contribution is -2.39. The summed E-state index contributed by atoms with van der Waals surface area (Å²) >= 11 is 0.